The predicted octanol–water partition coefficient (Wildman–Crippen LogP) is 5.02. The highest BCUT2D eigenvalue weighted by Gasteiger charge is 2.36. The van der Waals surface area contributed by atoms with Crippen LogP contribution in [0.25, 0.3) is 0 Å². The third-order valence-corrected chi connectivity index (χ3v) is 5.00. The summed E-state index contributed by atoms with van der Waals surface area (Å²) in [5.41, 5.74) is 2.80. The number of fused-ring (bicyclic) bond motifs is 1. The summed E-state index contributed by atoms with van der Waals surface area (Å²) in [5, 5.41) is 0. The van der Waals surface area contributed by atoms with Crippen LogP contribution in [0.15, 0.2) is 42.5 Å². The summed E-state index contributed by atoms with van der Waals surface area (Å²) in [6.07, 6.45) is 3.54. The Bertz CT molecular complexity index is 653. The van der Waals surface area contributed by atoms with Gasteiger partial charge in [-0.1, -0.05) is 30.3 Å². The van der Waals surface area contributed by atoms with Crippen molar-refractivity contribution in [2.45, 2.75) is 31.1 Å². The lowest BCUT2D eigenvalue weighted by Gasteiger charge is -2.38. The molecule has 1 aliphatic rings. The minimum atomic E-state index is -0.541. The monoisotopic (exact) mass is 306 g/mol. The topological polar surface area (TPSA) is 0 Å². The Morgan fingerprint density at radius 3 is 2.67 bits per heavy atom. The van der Waals surface area contributed by atoms with E-state index in [-0.39, 0.29) is 5.41 Å². The van der Waals surface area contributed by atoms with Gasteiger partial charge in [-0.15, -0.1) is 11.6 Å². The minimum Gasteiger partial charge on any atom is -0.207 e. The van der Waals surface area contributed by atoms with E-state index < -0.39 is 11.6 Å². The Hall–Kier alpha value is -1.41. The molecule has 0 aliphatic heterocycles. The highest BCUT2D eigenvalue weighted by molar-refractivity contribution is 6.18. The van der Waals surface area contributed by atoms with Crippen LogP contribution >= 0.6 is 11.6 Å². The lowest BCUT2D eigenvalue weighted by molar-refractivity contribution is 0.389. The lowest BCUT2D eigenvalue weighted by atomic mass is 9.68. The van der Waals surface area contributed by atoms with Crippen LogP contribution in [0.3, 0.4) is 0 Å². The van der Waals surface area contributed by atoms with Crippen LogP contribution in [0.2, 0.25) is 0 Å². The molecular formula is C18H17ClF2. The van der Waals surface area contributed by atoms with E-state index in [4.69, 9.17) is 11.6 Å². The van der Waals surface area contributed by atoms with Crippen LogP contribution in [0.4, 0.5) is 8.78 Å². The van der Waals surface area contributed by atoms with Crippen molar-refractivity contribution in [3.8, 4) is 0 Å². The molecule has 1 aliphatic carbocycles. The van der Waals surface area contributed by atoms with Crippen LogP contribution in [-0.2, 0) is 18.3 Å². The van der Waals surface area contributed by atoms with Crippen LogP contribution in [0.5, 0.6) is 0 Å². The smallest absolute Gasteiger partial charge is 0.129 e. The van der Waals surface area contributed by atoms with E-state index in [9.17, 15) is 8.78 Å². The van der Waals surface area contributed by atoms with E-state index in [1.807, 2.05) is 12.1 Å². The molecule has 110 valence electrons. The van der Waals surface area contributed by atoms with E-state index >= 15 is 0 Å². The summed E-state index contributed by atoms with van der Waals surface area (Å²) in [6, 6.07) is 12.1. The molecule has 0 amide bonds. The number of benzene rings is 2. The summed E-state index contributed by atoms with van der Waals surface area (Å²) < 4.78 is 27.1. The predicted molar refractivity (Wildman–Crippen MR) is 81.8 cm³/mol. The third-order valence-electron chi connectivity index (χ3n) is 4.49. The lowest BCUT2D eigenvalue weighted by Crippen LogP contribution is -2.35. The second-order valence-electron chi connectivity index (χ2n) is 5.84. The molecule has 3 heteroatoms. The molecule has 0 fully saturated rings. The van der Waals surface area contributed by atoms with Crippen molar-refractivity contribution >= 4 is 11.6 Å². The van der Waals surface area contributed by atoms with Crippen molar-refractivity contribution in [2.24, 2.45) is 0 Å². The Labute approximate surface area is 128 Å². The summed E-state index contributed by atoms with van der Waals surface area (Å²) in [7, 11) is 0. The van der Waals surface area contributed by atoms with Crippen LogP contribution < -0.4 is 0 Å². The second kappa shape index (κ2) is 5.76. The summed E-state index contributed by atoms with van der Waals surface area (Å²) >= 11 is 6.30. The number of hydrogen-bond donors (Lipinski definition) is 0. The fourth-order valence-corrected chi connectivity index (χ4v) is 3.78. The zero-order valence-electron chi connectivity index (χ0n) is 11.7. The highest BCUT2D eigenvalue weighted by Crippen LogP contribution is 2.41. The summed E-state index contributed by atoms with van der Waals surface area (Å²) in [5.74, 6) is -0.580. The maximum absolute atomic E-state index is 14.0. The molecule has 0 N–H and O–H groups in total. The largest absolute Gasteiger partial charge is 0.207 e. The highest BCUT2D eigenvalue weighted by atomic mass is 35.5. The molecule has 0 aromatic heterocycles. The number of rotatable bonds is 3. The fourth-order valence-electron chi connectivity index (χ4n) is 3.41. The molecule has 0 radical (unpaired) electrons. The van der Waals surface area contributed by atoms with Crippen molar-refractivity contribution in [1.82, 2.24) is 0 Å². The van der Waals surface area contributed by atoms with E-state index in [0.717, 1.165) is 25.3 Å². The standard InChI is InChI=1S/C18H17ClF2/c19-12-18(11-14-7-8-15(20)10-17(14)21)9-3-5-13-4-1-2-6-16(13)18/h1-2,4,6-8,10H,3,5,9,11-12H2. The molecule has 0 bridgehead atoms. The molecule has 0 heterocycles. The van der Waals surface area contributed by atoms with Crippen molar-refractivity contribution in [2.75, 3.05) is 5.88 Å². The van der Waals surface area contributed by atoms with Gasteiger partial charge in [-0.2, -0.15) is 0 Å². The Morgan fingerprint density at radius 2 is 1.90 bits per heavy atom. The van der Waals surface area contributed by atoms with Gasteiger partial charge in [0.15, 0.2) is 0 Å². The van der Waals surface area contributed by atoms with Gasteiger partial charge in [-0.3, -0.25) is 0 Å². The summed E-state index contributed by atoms with van der Waals surface area (Å²) in [6.45, 7) is 0. The van der Waals surface area contributed by atoms with Gasteiger partial charge in [0.1, 0.15) is 11.6 Å². The first kappa shape index (κ1) is 14.5. The van der Waals surface area contributed by atoms with Crippen molar-refractivity contribution in [3.05, 3.63) is 70.8 Å². The normalized spacial score (nSPS) is 21.1. The van der Waals surface area contributed by atoms with Gasteiger partial charge < -0.3 is 0 Å². The van der Waals surface area contributed by atoms with E-state index in [0.29, 0.717) is 17.9 Å². The molecule has 1 unspecified atom stereocenters. The average Bonchev–Trinajstić information content (AvgIpc) is 2.50. The molecule has 21 heavy (non-hydrogen) atoms. The SMILES string of the molecule is Fc1ccc(CC2(CCl)CCCc3ccccc32)c(F)c1. The Balaban J connectivity index is 2.02. The first-order valence-electron chi connectivity index (χ1n) is 7.23. The van der Waals surface area contributed by atoms with Gasteiger partial charge in [-0.05, 0) is 48.4 Å². The average molecular weight is 307 g/mol. The molecule has 1 atom stereocenters. The molecule has 0 nitrogen and oxygen atoms in total. The zero-order chi connectivity index (χ0) is 14.9. The van der Waals surface area contributed by atoms with E-state index in [2.05, 4.69) is 12.1 Å². The first-order valence-corrected chi connectivity index (χ1v) is 7.76. The van der Waals surface area contributed by atoms with Gasteiger partial charge >= 0.3 is 0 Å². The molecule has 0 spiro atoms. The van der Waals surface area contributed by atoms with E-state index in [1.165, 1.54) is 23.3 Å². The van der Waals surface area contributed by atoms with Gasteiger partial charge in [0.2, 0.25) is 0 Å². The number of aryl methyl sites for hydroxylation is 1. The van der Waals surface area contributed by atoms with Gasteiger partial charge in [0.25, 0.3) is 0 Å². The Kier molecular flexibility index (Phi) is 3.99. The third kappa shape index (κ3) is 2.69. The zero-order valence-corrected chi connectivity index (χ0v) is 12.5. The van der Waals surface area contributed by atoms with Gasteiger partial charge in [-0.25, -0.2) is 8.78 Å². The first-order chi connectivity index (χ1) is 10.1. The molecule has 2 aromatic carbocycles. The van der Waals surface area contributed by atoms with Crippen molar-refractivity contribution < 1.29 is 8.78 Å². The van der Waals surface area contributed by atoms with Crippen molar-refractivity contribution in [3.63, 3.8) is 0 Å². The quantitative estimate of drug-likeness (QED) is 0.698. The van der Waals surface area contributed by atoms with Gasteiger partial charge in [0.05, 0.1) is 0 Å². The maximum Gasteiger partial charge on any atom is 0.129 e. The van der Waals surface area contributed by atoms with Crippen molar-refractivity contribution in [1.29, 1.82) is 0 Å². The van der Waals surface area contributed by atoms with Crippen LogP contribution in [-0.4, -0.2) is 5.88 Å². The molecule has 2 aromatic rings. The molecule has 0 saturated heterocycles. The van der Waals surface area contributed by atoms with Crippen LogP contribution in [0, 0.1) is 11.6 Å². The maximum atomic E-state index is 14.0. The second-order valence-corrected chi connectivity index (χ2v) is 6.10. The minimum absolute atomic E-state index is 0.255. The van der Waals surface area contributed by atoms with Crippen LogP contribution in [0.1, 0.15) is 29.5 Å². The fraction of sp³-hybridized carbons (Fsp3) is 0.333. The number of alkyl halides is 1. The molecule has 0 saturated carbocycles. The number of halogens is 3. The van der Waals surface area contributed by atoms with Gasteiger partial charge in [0, 0.05) is 17.4 Å². The van der Waals surface area contributed by atoms with E-state index in [1.54, 1.807) is 0 Å². The number of hydrogen-bond acceptors (Lipinski definition) is 0. The molecular weight excluding hydrogens is 290 g/mol. The molecule has 3 rings (SSSR count). The Morgan fingerprint density at radius 1 is 1.10 bits per heavy atom. The summed E-state index contributed by atoms with van der Waals surface area (Å²) in [4.78, 5) is 0.